The smallest absolute Gasteiger partial charge is 0.320 e. The number of carboxylic acid groups (broad SMARTS) is 1. The molecule has 0 heterocycles. The zero-order chi connectivity index (χ0) is 21.2. The number of aliphatic hydroxyl groups is 3. The fourth-order valence-electron chi connectivity index (χ4n) is 4.36. The Morgan fingerprint density at radius 3 is 2.36 bits per heavy atom. The summed E-state index contributed by atoms with van der Waals surface area (Å²) in [5.41, 5.74) is -1.70. The van der Waals surface area contributed by atoms with Crippen LogP contribution in [-0.2, 0) is 4.79 Å². The third-order valence-corrected chi connectivity index (χ3v) is 6.18. The highest BCUT2D eigenvalue weighted by Gasteiger charge is 2.55. The molecule has 1 saturated carbocycles. The van der Waals surface area contributed by atoms with Crippen LogP contribution in [-0.4, -0.2) is 39.1 Å². The minimum Gasteiger partial charge on any atom is -0.511 e. The predicted octanol–water partition coefficient (Wildman–Crippen LogP) is 4.99. The summed E-state index contributed by atoms with van der Waals surface area (Å²) in [6.45, 7) is 6.40. The summed E-state index contributed by atoms with van der Waals surface area (Å²) in [6.07, 6.45) is 11.5. The second kappa shape index (κ2) is 11.6. The topological polar surface area (TPSA) is 98.0 Å². The summed E-state index contributed by atoms with van der Waals surface area (Å²) in [7, 11) is 0. The van der Waals surface area contributed by atoms with E-state index in [1.165, 1.54) is 0 Å². The van der Waals surface area contributed by atoms with Crippen molar-refractivity contribution in [1.29, 1.82) is 0 Å². The van der Waals surface area contributed by atoms with E-state index in [2.05, 4.69) is 20.8 Å². The van der Waals surface area contributed by atoms with E-state index < -0.39 is 17.5 Å². The van der Waals surface area contributed by atoms with Gasteiger partial charge in [0.15, 0.2) is 5.41 Å². The lowest BCUT2D eigenvalue weighted by atomic mass is 9.67. The van der Waals surface area contributed by atoms with Crippen molar-refractivity contribution in [2.24, 2.45) is 16.7 Å². The molecule has 0 radical (unpaired) electrons. The molecule has 0 unspecified atom stereocenters. The molecular weight excluding hydrogens is 356 g/mol. The Morgan fingerprint density at radius 2 is 1.82 bits per heavy atom. The third kappa shape index (κ3) is 6.35. The first-order chi connectivity index (χ1) is 13.2. The normalized spacial score (nSPS) is 19.8. The van der Waals surface area contributed by atoms with E-state index in [0.29, 0.717) is 25.7 Å². The lowest BCUT2D eigenvalue weighted by Crippen LogP contribution is -2.49. The van der Waals surface area contributed by atoms with Crippen molar-refractivity contribution in [1.82, 2.24) is 0 Å². The molecule has 5 nitrogen and oxygen atoms in total. The maximum atomic E-state index is 12.5. The molecule has 1 aliphatic rings. The van der Waals surface area contributed by atoms with Gasteiger partial charge in [-0.2, -0.15) is 0 Å². The monoisotopic (exact) mass is 396 g/mol. The number of unbranched alkanes of at least 4 members (excludes halogenated alkanes) is 1. The zero-order valence-corrected chi connectivity index (χ0v) is 17.9. The number of hydrogen-bond donors (Lipinski definition) is 4. The molecule has 5 heteroatoms. The molecule has 28 heavy (non-hydrogen) atoms. The standard InChI is InChI=1S/C23H40O5/c1-4-5-15-22(2,3)16-14-20(26)23(21(27)28,18-11-8-9-12-18)19(25)13-7-6-10-17-24/h6-7,14,18-19,24-26H,4-5,8-13,15-17H2,1-3H3,(H,27,28)/b7-6-,20-14+/t19-,23-/m1/s1. The van der Waals surface area contributed by atoms with Crippen LogP contribution in [0.1, 0.15) is 85.0 Å². The van der Waals surface area contributed by atoms with Crippen molar-refractivity contribution < 1.29 is 25.2 Å². The van der Waals surface area contributed by atoms with Gasteiger partial charge in [0.25, 0.3) is 0 Å². The molecular formula is C23H40O5. The van der Waals surface area contributed by atoms with Gasteiger partial charge in [-0.05, 0) is 55.9 Å². The van der Waals surface area contributed by atoms with Crippen molar-refractivity contribution in [3.63, 3.8) is 0 Å². The van der Waals surface area contributed by atoms with E-state index in [0.717, 1.165) is 32.1 Å². The van der Waals surface area contributed by atoms with E-state index in [1.54, 1.807) is 18.2 Å². The summed E-state index contributed by atoms with van der Waals surface area (Å²) in [6, 6.07) is 0. The molecule has 4 N–H and O–H groups in total. The largest absolute Gasteiger partial charge is 0.511 e. The Hall–Kier alpha value is -1.33. The van der Waals surface area contributed by atoms with Gasteiger partial charge in [-0.1, -0.05) is 58.6 Å². The fraction of sp³-hybridized carbons (Fsp3) is 0.783. The molecule has 0 aromatic rings. The SMILES string of the molecule is CCCCC(C)(C)C/C=C(/O)[C@@](C(=O)O)(C1CCCC1)[C@H](O)C/C=C\CCO. The molecule has 0 saturated heterocycles. The highest BCUT2D eigenvalue weighted by molar-refractivity contribution is 5.79. The van der Waals surface area contributed by atoms with Crippen molar-refractivity contribution in [3.8, 4) is 0 Å². The molecule has 1 rings (SSSR count). The average molecular weight is 397 g/mol. The van der Waals surface area contributed by atoms with E-state index in [4.69, 9.17) is 5.11 Å². The number of aliphatic hydroxyl groups excluding tert-OH is 3. The lowest BCUT2D eigenvalue weighted by Gasteiger charge is -2.38. The van der Waals surface area contributed by atoms with E-state index in [9.17, 15) is 20.1 Å². The Bertz CT molecular complexity index is 531. The summed E-state index contributed by atoms with van der Waals surface area (Å²) < 4.78 is 0. The van der Waals surface area contributed by atoms with Gasteiger partial charge < -0.3 is 20.4 Å². The van der Waals surface area contributed by atoms with Crippen LogP contribution < -0.4 is 0 Å². The molecule has 0 aromatic carbocycles. The molecule has 0 bridgehead atoms. The lowest BCUT2D eigenvalue weighted by molar-refractivity contribution is -0.161. The number of carboxylic acids is 1. The predicted molar refractivity (Wildman–Crippen MR) is 112 cm³/mol. The molecule has 162 valence electrons. The van der Waals surface area contributed by atoms with Gasteiger partial charge in [-0.15, -0.1) is 0 Å². The van der Waals surface area contributed by atoms with Crippen LogP contribution in [0, 0.1) is 16.7 Å². The number of allylic oxidation sites excluding steroid dienone is 1. The number of hydrogen-bond acceptors (Lipinski definition) is 4. The fourth-order valence-corrected chi connectivity index (χ4v) is 4.36. The maximum absolute atomic E-state index is 12.5. The van der Waals surface area contributed by atoms with Gasteiger partial charge >= 0.3 is 5.97 Å². The average Bonchev–Trinajstić information content (AvgIpc) is 3.17. The van der Waals surface area contributed by atoms with Crippen molar-refractivity contribution >= 4 is 5.97 Å². The van der Waals surface area contributed by atoms with E-state index in [-0.39, 0.29) is 30.1 Å². The summed E-state index contributed by atoms with van der Waals surface area (Å²) >= 11 is 0. The molecule has 1 fully saturated rings. The minimum absolute atomic E-state index is 0.0112. The Morgan fingerprint density at radius 1 is 1.18 bits per heavy atom. The Balaban J connectivity index is 3.16. The highest BCUT2D eigenvalue weighted by Crippen LogP contribution is 2.48. The Kier molecular flexibility index (Phi) is 10.3. The second-order valence-electron chi connectivity index (χ2n) is 8.95. The third-order valence-electron chi connectivity index (χ3n) is 6.18. The number of rotatable bonds is 13. The maximum Gasteiger partial charge on any atom is 0.320 e. The van der Waals surface area contributed by atoms with Gasteiger partial charge in [-0.25, -0.2) is 0 Å². The van der Waals surface area contributed by atoms with Crippen LogP contribution in [0.4, 0.5) is 0 Å². The van der Waals surface area contributed by atoms with Crippen LogP contribution in [0.2, 0.25) is 0 Å². The molecule has 1 aliphatic carbocycles. The molecule has 0 aromatic heterocycles. The van der Waals surface area contributed by atoms with Crippen LogP contribution >= 0.6 is 0 Å². The first-order valence-corrected chi connectivity index (χ1v) is 10.8. The zero-order valence-electron chi connectivity index (χ0n) is 17.9. The van der Waals surface area contributed by atoms with Gasteiger partial charge in [-0.3, -0.25) is 4.79 Å². The molecule has 0 spiro atoms. The van der Waals surface area contributed by atoms with Gasteiger partial charge in [0, 0.05) is 6.61 Å². The highest BCUT2D eigenvalue weighted by atomic mass is 16.4. The van der Waals surface area contributed by atoms with Crippen molar-refractivity contribution in [3.05, 3.63) is 24.0 Å². The summed E-state index contributed by atoms with van der Waals surface area (Å²) in [4.78, 5) is 12.5. The minimum atomic E-state index is -1.67. The first kappa shape index (κ1) is 24.7. The number of carbonyl (C=O) groups is 1. The molecule has 0 amide bonds. The molecule has 2 atom stereocenters. The number of aliphatic carboxylic acids is 1. The van der Waals surface area contributed by atoms with E-state index >= 15 is 0 Å². The van der Waals surface area contributed by atoms with Crippen molar-refractivity contribution in [2.45, 2.75) is 91.1 Å². The van der Waals surface area contributed by atoms with Crippen LogP contribution in [0.3, 0.4) is 0 Å². The van der Waals surface area contributed by atoms with Gasteiger partial charge in [0.05, 0.1) is 6.10 Å². The van der Waals surface area contributed by atoms with Crippen LogP contribution in [0.5, 0.6) is 0 Å². The van der Waals surface area contributed by atoms with Crippen molar-refractivity contribution in [2.75, 3.05) is 6.61 Å². The van der Waals surface area contributed by atoms with Crippen LogP contribution in [0.15, 0.2) is 24.0 Å². The summed E-state index contributed by atoms with van der Waals surface area (Å²) in [5.74, 6) is -1.62. The Labute approximate surface area is 170 Å². The van der Waals surface area contributed by atoms with E-state index in [1.807, 2.05) is 0 Å². The summed E-state index contributed by atoms with van der Waals surface area (Å²) in [5, 5.41) is 41.0. The first-order valence-electron chi connectivity index (χ1n) is 10.8. The van der Waals surface area contributed by atoms with Crippen LogP contribution in [0.25, 0.3) is 0 Å². The second-order valence-corrected chi connectivity index (χ2v) is 8.95. The van der Waals surface area contributed by atoms with Gasteiger partial charge in [0.1, 0.15) is 5.76 Å². The molecule has 0 aliphatic heterocycles. The quantitative estimate of drug-likeness (QED) is 0.260. The van der Waals surface area contributed by atoms with Gasteiger partial charge in [0.2, 0.25) is 0 Å².